The maximum absolute atomic E-state index is 6.21. The van der Waals surface area contributed by atoms with Crippen molar-refractivity contribution in [1.29, 1.82) is 0 Å². The van der Waals surface area contributed by atoms with Crippen molar-refractivity contribution in [3.8, 4) is 11.3 Å². The van der Waals surface area contributed by atoms with E-state index in [4.69, 9.17) is 29.2 Å². The van der Waals surface area contributed by atoms with Gasteiger partial charge in [0.2, 0.25) is 0 Å². The van der Waals surface area contributed by atoms with Crippen LogP contribution in [-0.4, -0.2) is 18.9 Å². The number of aryl methyl sites for hydroxylation is 1. The van der Waals surface area contributed by atoms with Gasteiger partial charge in [-0.15, -0.1) is 0 Å². The quantitative estimate of drug-likeness (QED) is 0.437. The van der Waals surface area contributed by atoms with Crippen molar-refractivity contribution in [2.24, 2.45) is 7.05 Å². The Morgan fingerprint density at radius 2 is 1.79 bits per heavy atom. The summed E-state index contributed by atoms with van der Waals surface area (Å²) in [4.78, 5) is 9.38. The van der Waals surface area contributed by atoms with Crippen LogP contribution in [0.25, 0.3) is 16.9 Å². The number of fused-ring (bicyclic) bond motifs is 1. The highest BCUT2D eigenvalue weighted by atomic mass is 35.5. The van der Waals surface area contributed by atoms with Crippen LogP contribution in [0.4, 0.5) is 0 Å². The third-order valence-electron chi connectivity index (χ3n) is 3.97. The average Bonchev–Trinajstić information content (AvgIpc) is 3.20. The molecule has 3 heterocycles. The largest absolute Gasteiger partial charge is 0.336 e. The number of hydrogen-bond acceptors (Lipinski definition) is 3. The summed E-state index contributed by atoms with van der Waals surface area (Å²) in [5.74, 6) is 0.844. The van der Waals surface area contributed by atoms with Gasteiger partial charge in [-0.25, -0.2) is 9.97 Å². The summed E-state index contributed by atoms with van der Waals surface area (Å²) in [5.41, 5.74) is 3.63. The molecule has 4 rings (SSSR count). The van der Waals surface area contributed by atoms with Crippen LogP contribution in [0.15, 0.2) is 60.9 Å². The molecule has 0 aliphatic rings. The van der Waals surface area contributed by atoms with Gasteiger partial charge in [-0.3, -0.25) is 4.40 Å². The van der Waals surface area contributed by atoms with Crippen molar-refractivity contribution in [2.45, 2.75) is 5.25 Å². The minimum absolute atomic E-state index is 0.233. The number of aromatic nitrogens is 4. The molecule has 0 saturated carbocycles. The number of imidazole rings is 2. The van der Waals surface area contributed by atoms with E-state index in [1.165, 1.54) is 0 Å². The standard InChI is InChI=1S/C18H15ClN4S/c1-22-10-13(12-6-3-2-4-7-12)21-18(22)17(24)14-11-23-15(19)8-5-9-16(23)20-14/h2-11,17,24H,1H3. The molecule has 4 nitrogen and oxygen atoms in total. The molecular formula is C18H15ClN4S. The molecule has 0 bridgehead atoms. The lowest BCUT2D eigenvalue weighted by Gasteiger charge is -2.07. The molecule has 0 aliphatic carbocycles. The molecule has 0 radical (unpaired) electrons. The SMILES string of the molecule is Cn1cc(-c2ccccc2)nc1C(S)c1cn2c(Cl)cccc2n1. The topological polar surface area (TPSA) is 35.1 Å². The number of hydrogen-bond donors (Lipinski definition) is 1. The number of benzene rings is 1. The summed E-state index contributed by atoms with van der Waals surface area (Å²) < 4.78 is 3.84. The summed E-state index contributed by atoms with van der Waals surface area (Å²) in [6.45, 7) is 0. The molecule has 6 heteroatoms. The number of thiol groups is 1. The average molecular weight is 355 g/mol. The van der Waals surface area contributed by atoms with E-state index in [9.17, 15) is 0 Å². The van der Waals surface area contributed by atoms with Gasteiger partial charge in [0.15, 0.2) is 0 Å². The number of pyridine rings is 1. The molecule has 120 valence electrons. The molecule has 3 aromatic heterocycles. The van der Waals surface area contributed by atoms with E-state index in [1.54, 1.807) is 0 Å². The van der Waals surface area contributed by atoms with Crippen molar-refractivity contribution in [3.05, 3.63) is 77.6 Å². The van der Waals surface area contributed by atoms with E-state index < -0.39 is 0 Å². The Hall–Kier alpha value is -2.24. The lowest BCUT2D eigenvalue weighted by Crippen LogP contribution is -2.02. The monoisotopic (exact) mass is 354 g/mol. The zero-order chi connectivity index (χ0) is 16.7. The van der Waals surface area contributed by atoms with E-state index in [2.05, 4.69) is 4.98 Å². The van der Waals surface area contributed by atoms with E-state index in [1.807, 2.05) is 76.9 Å². The first kappa shape index (κ1) is 15.3. The molecule has 0 fully saturated rings. The van der Waals surface area contributed by atoms with Crippen molar-refractivity contribution >= 4 is 29.9 Å². The fourth-order valence-corrected chi connectivity index (χ4v) is 3.32. The minimum Gasteiger partial charge on any atom is -0.336 e. The molecule has 1 atom stereocenters. The van der Waals surface area contributed by atoms with Crippen molar-refractivity contribution < 1.29 is 0 Å². The van der Waals surface area contributed by atoms with Gasteiger partial charge >= 0.3 is 0 Å². The van der Waals surface area contributed by atoms with Crippen LogP contribution in [0.3, 0.4) is 0 Å². The highest BCUT2D eigenvalue weighted by Gasteiger charge is 2.20. The predicted octanol–water partition coefficient (Wildman–Crippen LogP) is 4.41. The lowest BCUT2D eigenvalue weighted by molar-refractivity contribution is 0.807. The Morgan fingerprint density at radius 1 is 1.00 bits per heavy atom. The van der Waals surface area contributed by atoms with Gasteiger partial charge in [-0.2, -0.15) is 12.6 Å². The molecule has 24 heavy (non-hydrogen) atoms. The van der Waals surface area contributed by atoms with Crippen LogP contribution >= 0.6 is 24.2 Å². The summed E-state index contributed by atoms with van der Waals surface area (Å²) in [6.07, 6.45) is 3.92. The molecule has 1 aromatic carbocycles. The Kier molecular flexibility index (Phi) is 3.82. The highest BCUT2D eigenvalue weighted by Crippen LogP contribution is 2.30. The molecule has 0 saturated heterocycles. The van der Waals surface area contributed by atoms with E-state index >= 15 is 0 Å². The highest BCUT2D eigenvalue weighted by molar-refractivity contribution is 7.80. The van der Waals surface area contributed by atoms with Gasteiger partial charge in [0.1, 0.15) is 21.9 Å². The smallest absolute Gasteiger partial charge is 0.138 e. The summed E-state index contributed by atoms with van der Waals surface area (Å²) in [7, 11) is 1.97. The molecule has 0 amide bonds. The van der Waals surface area contributed by atoms with Crippen molar-refractivity contribution in [1.82, 2.24) is 18.9 Å². The van der Waals surface area contributed by atoms with Crippen LogP contribution in [-0.2, 0) is 7.05 Å². The van der Waals surface area contributed by atoms with E-state index in [0.29, 0.717) is 5.15 Å². The predicted molar refractivity (Wildman–Crippen MR) is 99.7 cm³/mol. The zero-order valence-electron chi connectivity index (χ0n) is 13.0. The summed E-state index contributed by atoms with van der Waals surface area (Å²) in [6, 6.07) is 15.7. The molecule has 0 spiro atoms. The number of rotatable bonds is 3. The zero-order valence-corrected chi connectivity index (χ0v) is 14.6. The Balaban J connectivity index is 1.75. The first-order valence-corrected chi connectivity index (χ1v) is 8.43. The van der Waals surface area contributed by atoms with E-state index in [0.717, 1.165) is 28.4 Å². The normalized spacial score (nSPS) is 12.6. The van der Waals surface area contributed by atoms with Crippen LogP contribution in [0, 0.1) is 0 Å². The van der Waals surface area contributed by atoms with Crippen molar-refractivity contribution in [2.75, 3.05) is 0 Å². The Bertz CT molecular complexity index is 1010. The first-order valence-electron chi connectivity index (χ1n) is 7.54. The second kappa shape index (κ2) is 6.00. The Morgan fingerprint density at radius 3 is 2.54 bits per heavy atom. The maximum atomic E-state index is 6.21. The van der Waals surface area contributed by atoms with Gasteiger partial charge in [0.05, 0.1) is 11.4 Å². The number of halogens is 1. The Labute approximate surface area is 150 Å². The molecule has 0 aliphatic heterocycles. The summed E-state index contributed by atoms with van der Waals surface area (Å²) in [5, 5.41) is 0.389. The molecular weight excluding hydrogens is 340 g/mol. The lowest BCUT2D eigenvalue weighted by atomic mass is 10.2. The van der Waals surface area contributed by atoms with Crippen LogP contribution in [0.1, 0.15) is 16.8 Å². The first-order chi connectivity index (χ1) is 11.6. The van der Waals surface area contributed by atoms with Gasteiger partial charge in [0.25, 0.3) is 0 Å². The maximum Gasteiger partial charge on any atom is 0.138 e. The van der Waals surface area contributed by atoms with E-state index in [-0.39, 0.29) is 5.25 Å². The third-order valence-corrected chi connectivity index (χ3v) is 4.77. The molecule has 4 aromatic rings. The summed E-state index contributed by atoms with van der Waals surface area (Å²) >= 11 is 11.0. The van der Waals surface area contributed by atoms with Gasteiger partial charge in [-0.1, -0.05) is 48.0 Å². The van der Waals surface area contributed by atoms with Crippen LogP contribution in [0.5, 0.6) is 0 Å². The van der Waals surface area contributed by atoms with Crippen LogP contribution < -0.4 is 0 Å². The van der Waals surface area contributed by atoms with Gasteiger partial charge in [-0.05, 0) is 12.1 Å². The van der Waals surface area contributed by atoms with Crippen molar-refractivity contribution in [3.63, 3.8) is 0 Å². The second-order valence-corrected chi connectivity index (χ2v) is 6.51. The fourth-order valence-electron chi connectivity index (χ4n) is 2.74. The number of nitrogens with zero attached hydrogens (tertiary/aromatic N) is 4. The molecule has 0 N–H and O–H groups in total. The fraction of sp³-hybridized carbons (Fsp3) is 0.111. The third kappa shape index (κ3) is 2.60. The van der Waals surface area contributed by atoms with Gasteiger partial charge in [0, 0.05) is 25.0 Å². The molecule has 1 unspecified atom stereocenters. The van der Waals surface area contributed by atoms with Crippen LogP contribution in [0.2, 0.25) is 5.15 Å². The van der Waals surface area contributed by atoms with Gasteiger partial charge < -0.3 is 4.57 Å². The minimum atomic E-state index is -0.233. The second-order valence-electron chi connectivity index (χ2n) is 5.61.